The molecule has 0 aromatic heterocycles. The van der Waals surface area contributed by atoms with Crippen LogP contribution in [0.5, 0.6) is 0 Å². The molecule has 0 aromatic carbocycles. The van der Waals surface area contributed by atoms with Crippen molar-refractivity contribution < 1.29 is 9.53 Å². The fourth-order valence-electron chi connectivity index (χ4n) is 3.46. The molecule has 2 N–H and O–H groups in total. The lowest BCUT2D eigenvalue weighted by Gasteiger charge is -2.40. The van der Waals surface area contributed by atoms with E-state index in [1.54, 1.807) is 0 Å². The number of carbonyl (C=O) groups is 1. The summed E-state index contributed by atoms with van der Waals surface area (Å²) in [6.07, 6.45) is 3.78. The molecule has 2 fully saturated rings. The second kappa shape index (κ2) is 6.87. The normalized spacial score (nSPS) is 34.0. The number of nitrogens with zero attached hydrogens (tertiary/aromatic N) is 2. The average molecular weight is 283 g/mol. The number of rotatable bonds is 3. The molecule has 2 heterocycles. The van der Waals surface area contributed by atoms with E-state index in [9.17, 15) is 4.79 Å². The van der Waals surface area contributed by atoms with Crippen LogP contribution in [0.25, 0.3) is 0 Å². The molecule has 4 atom stereocenters. The van der Waals surface area contributed by atoms with Gasteiger partial charge in [-0.25, -0.2) is 0 Å². The van der Waals surface area contributed by atoms with E-state index in [1.165, 1.54) is 12.8 Å². The van der Waals surface area contributed by atoms with Gasteiger partial charge in [0, 0.05) is 25.2 Å². The van der Waals surface area contributed by atoms with Crippen molar-refractivity contribution in [2.24, 2.45) is 5.73 Å². The van der Waals surface area contributed by atoms with E-state index >= 15 is 0 Å². The van der Waals surface area contributed by atoms with Crippen LogP contribution < -0.4 is 5.73 Å². The molecule has 0 radical (unpaired) electrons. The van der Waals surface area contributed by atoms with Gasteiger partial charge in [0.2, 0.25) is 5.91 Å². The zero-order chi connectivity index (χ0) is 14.7. The van der Waals surface area contributed by atoms with Crippen LogP contribution in [0.1, 0.15) is 40.0 Å². The Morgan fingerprint density at radius 2 is 1.95 bits per heavy atom. The quantitative estimate of drug-likeness (QED) is 0.833. The van der Waals surface area contributed by atoms with E-state index in [0.717, 1.165) is 13.0 Å². The Balaban J connectivity index is 1.92. The first kappa shape index (κ1) is 15.7. The maximum Gasteiger partial charge on any atom is 0.236 e. The summed E-state index contributed by atoms with van der Waals surface area (Å²) in [5.41, 5.74) is 6.07. The van der Waals surface area contributed by atoms with Crippen LogP contribution in [0, 0.1) is 0 Å². The number of likely N-dealkylation sites (tertiary alicyclic amines) is 1. The number of carbonyl (C=O) groups excluding carboxylic acids is 1. The fourth-order valence-corrected chi connectivity index (χ4v) is 3.46. The second-order valence-corrected chi connectivity index (χ2v) is 6.45. The van der Waals surface area contributed by atoms with Gasteiger partial charge in [0.25, 0.3) is 0 Å². The molecule has 2 aliphatic heterocycles. The predicted octanol–water partition coefficient (Wildman–Crippen LogP) is 0.824. The zero-order valence-corrected chi connectivity index (χ0v) is 13.0. The molecule has 20 heavy (non-hydrogen) atoms. The molecule has 0 saturated carbocycles. The minimum atomic E-state index is 0.130. The lowest BCUT2D eigenvalue weighted by molar-refractivity contribution is -0.145. The molecular weight excluding hydrogens is 254 g/mol. The minimum Gasteiger partial charge on any atom is -0.372 e. The van der Waals surface area contributed by atoms with Gasteiger partial charge >= 0.3 is 0 Å². The molecule has 5 heteroatoms. The standard InChI is InChI=1S/C15H29N3O2/c1-11-8-18(9-12(2)20-11)15(19)10-17-7-5-4-6-14(17)13(3)16/h11-14H,4-10,16H2,1-3H3. The summed E-state index contributed by atoms with van der Waals surface area (Å²) in [6, 6.07) is 0.481. The van der Waals surface area contributed by atoms with E-state index < -0.39 is 0 Å². The Kier molecular flexibility index (Phi) is 5.41. The summed E-state index contributed by atoms with van der Waals surface area (Å²) in [5.74, 6) is 0.222. The van der Waals surface area contributed by atoms with Gasteiger partial charge in [0.1, 0.15) is 0 Å². The highest BCUT2D eigenvalue weighted by atomic mass is 16.5. The van der Waals surface area contributed by atoms with Crippen molar-refractivity contribution in [1.29, 1.82) is 0 Å². The van der Waals surface area contributed by atoms with Crippen molar-refractivity contribution in [3.05, 3.63) is 0 Å². The smallest absolute Gasteiger partial charge is 0.236 e. The van der Waals surface area contributed by atoms with Crippen LogP contribution in [0.3, 0.4) is 0 Å². The number of ether oxygens (including phenoxy) is 1. The van der Waals surface area contributed by atoms with Gasteiger partial charge in [-0.15, -0.1) is 0 Å². The summed E-state index contributed by atoms with van der Waals surface area (Å²) in [6.45, 7) is 9.02. The van der Waals surface area contributed by atoms with Gasteiger partial charge in [0.05, 0.1) is 18.8 Å². The molecule has 0 aromatic rings. The predicted molar refractivity (Wildman–Crippen MR) is 79.5 cm³/mol. The number of morpholine rings is 1. The summed E-state index contributed by atoms with van der Waals surface area (Å²) in [5, 5.41) is 0. The third kappa shape index (κ3) is 3.93. The number of hydrogen-bond donors (Lipinski definition) is 1. The summed E-state index contributed by atoms with van der Waals surface area (Å²) < 4.78 is 5.69. The number of amides is 1. The average Bonchev–Trinajstić information content (AvgIpc) is 2.37. The first-order valence-electron chi connectivity index (χ1n) is 7.90. The fraction of sp³-hybridized carbons (Fsp3) is 0.933. The molecule has 2 rings (SSSR count). The number of nitrogens with two attached hydrogens (primary N) is 1. The van der Waals surface area contributed by atoms with Gasteiger partial charge in [0.15, 0.2) is 0 Å². The molecule has 2 aliphatic rings. The molecule has 0 bridgehead atoms. The second-order valence-electron chi connectivity index (χ2n) is 6.45. The number of hydrogen-bond acceptors (Lipinski definition) is 4. The van der Waals surface area contributed by atoms with E-state index in [0.29, 0.717) is 25.7 Å². The Bertz CT molecular complexity index is 325. The SMILES string of the molecule is CC1CN(C(=O)CN2CCCCC2C(C)N)CC(C)O1. The highest BCUT2D eigenvalue weighted by Crippen LogP contribution is 2.19. The van der Waals surface area contributed by atoms with Crippen LogP contribution in [-0.4, -0.2) is 66.2 Å². The maximum absolute atomic E-state index is 12.5. The molecule has 5 nitrogen and oxygen atoms in total. The van der Waals surface area contributed by atoms with Crippen LogP contribution >= 0.6 is 0 Å². The minimum absolute atomic E-state index is 0.130. The Morgan fingerprint density at radius 3 is 2.55 bits per heavy atom. The Labute approximate surface area is 122 Å². The first-order valence-corrected chi connectivity index (χ1v) is 7.90. The highest BCUT2D eigenvalue weighted by Gasteiger charge is 2.31. The van der Waals surface area contributed by atoms with Crippen LogP contribution in [0.2, 0.25) is 0 Å². The van der Waals surface area contributed by atoms with Crippen molar-refractivity contribution in [2.45, 2.75) is 64.3 Å². The Morgan fingerprint density at radius 1 is 1.30 bits per heavy atom. The largest absolute Gasteiger partial charge is 0.372 e. The highest BCUT2D eigenvalue weighted by molar-refractivity contribution is 5.78. The maximum atomic E-state index is 12.5. The van der Waals surface area contributed by atoms with E-state index in [2.05, 4.69) is 4.90 Å². The van der Waals surface area contributed by atoms with Gasteiger partial charge in [-0.2, -0.15) is 0 Å². The summed E-state index contributed by atoms with van der Waals surface area (Å²) >= 11 is 0. The van der Waals surface area contributed by atoms with Crippen LogP contribution in [-0.2, 0) is 9.53 Å². The molecular formula is C15H29N3O2. The molecule has 2 saturated heterocycles. The van der Waals surface area contributed by atoms with Crippen molar-refractivity contribution in [3.63, 3.8) is 0 Å². The molecule has 4 unspecified atom stereocenters. The van der Waals surface area contributed by atoms with Gasteiger partial charge < -0.3 is 15.4 Å². The lowest BCUT2D eigenvalue weighted by Crippen LogP contribution is -2.55. The van der Waals surface area contributed by atoms with Crippen molar-refractivity contribution in [1.82, 2.24) is 9.80 Å². The van der Waals surface area contributed by atoms with Gasteiger partial charge in [-0.05, 0) is 40.2 Å². The van der Waals surface area contributed by atoms with E-state index in [1.807, 2.05) is 25.7 Å². The Hall–Kier alpha value is -0.650. The first-order chi connectivity index (χ1) is 9.47. The van der Waals surface area contributed by atoms with Gasteiger partial charge in [-0.1, -0.05) is 6.42 Å². The number of piperidine rings is 1. The van der Waals surface area contributed by atoms with Crippen molar-refractivity contribution >= 4 is 5.91 Å². The van der Waals surface area contributed by atoms with Crippen molar-refractivity contribution in [2.75, 3.05) is 26.2 Å². The van der Waals surface area contributed by atoms with Crippen LogP contribution in [0.4, 0.5) is 0 Å². The topological polar surface area (TPSA) is 58.8 Å². The van der Waals surface area contributed by atoms with Crippen LogP contribution in [0.15, 0.2) is 0 Å². The van der Waals surface area contributed by atoms with E-state index in [-0.39, 0.29) is 24.2 Å². The summed E-state index contributed by atoms with van der Waals surface area (Å²) in [4.78, 5) is 16.7. The molecule has 0 spiro atoms. The van der Waals surface area contributed by atoms with Gasteiger partial charge in [-0.3, -0.25) is 9.69 Å². The third-order valence-electron chi connectivity index (χ3n) is 4.38. The van der Waals surface area contributed by atoms with E-state index in [4.69, 9.17) is 10.5 Å². The molecule has 116 valence electrons. The molecule has 0 aliphatic carbocycles. The third-order valence-corrected chi connectivity index (χ3v) is 4.38. The zero-order valence-electron chi connectivity index (χ0n) is 13.0. The van der Waals surface area contributed by atoms with Crippen molar-refractivity contribution in [3.8, 4) is 0 Å². The summed E-state index contributed by atoms with van der Waals surface area (Å²) in [7, 11) is 0. The lowest BCUT2D eigenvalue weighted by atomic mass is 9.97. The monoisotopic (exact) mass is 283 g/mol. The molecule has 1 amide bonds.